The van der Waals surface area contributed by atoms with Gasteiger partial charge in [-0.1, -0.05) is 42.5 Å². The van der Waals surface area contributed by atoms with Gasteiger partial charge in [-0.05, 0) is 17.7 Å². The normalized spacial score (nSPS) is 10.0. The second kappa shape index (κ2) is 9.46. The van der Waals surface area contributed by atoms with Crippen LogP contribution in [-0.2, 0) is 13.0 Å². The zero-order valence-electron chi connectivity index (χ0n) is 12.4. The predicted octanol–water partition coefficient (Wildman–Crippen LogP) is -4.73. The van der Waals surface area contributed by atoms with Gasteiger partial charge in [0.05, 0.1) is 6.54 Å². The molecule has 3 N–H and O–H groups in total. The van der Waals surface area contributed by atoms with Crippen LogP contribution in [-0.4, -0.2) is 18.1 Å². The van der Waals surface area contributed by atoms with Gasteiger partial charge in [0, 0.05) is 6.42 Å². The molecule has 3 nitrogen and oxygen atoms in total. The summed E-state index contributed by atoms with van der Waals surface area (Å²) < 4.78 is 2.29. The topological polar surface area (TPSA) is 36.3 Å². The van der Waals surface area contributed by atoms with Crippen LogP contribution in [0.1, 0.15) is 5.56 Å². The van der Waals surface area contributed by atoms with Gasteiger partial charge in [-0.15, -0.1) is 0 Å². The quantitative estimate of drug-likeness (QED) is 0.335. The molecule has 0 amide bonds. The Morgan fingerprint density at radius 1 is 0.864 bits per heavy atom. The van der Waals surface area contributed by atoms with E-state index < -0.39 is 0 Å². The first-order chi connectivity index (χ1) is 9.93. The number of aromatic nitrogens is 2. The summed E-state index contributed by atoms with van der Waals surface area (Å²) in [7, 11) is 0. The summed E-state index contributed by atoms with van der Waals surface area (Å²) in [5.41, 5.74) is 3.91. The van der Waals surface area contributed by atoms with Gasteiger partial charge in [-0.25, -0.2) is 9.55 Å². The van der Waals surface area contributed by atoms with E-state index in [0.717, 1.165) is 26.1 Å². The van der Waals surface area contributed by atoms with Gasteiger partial charge in [0.25, 0.3) is 0 Å². The van der Waals surface area contributed by atoms with Crippen LogP contribution in [0, 0.1) is 0 Å². The fourth-order valence-electron chi connectivity index (χ4n) is 2.54. The highest BCUT2D eigenvalue weighted by atomic mass is 35.5. The van der Waals surface area contributed by atoms with E-state index in [2.05, 4.69) is 75.8 Å². The molecule has 3 rings (SSSR count). The standard InChI is InChI=1S/C17H19N3.2ClH/c1-2-6-15(7-3-1)10-11-18-12-13-20-14-19-16-8-4-5-9-17(16)20;;/h1-9,14,18H,10-13H2;2*1H. The van der Waals surface area contributed by atoms with Gasteiger partial charge >= 0.3 is 0 Å². The molecular formula is C17H21Cl2N3. The number of nitrogens with one attached hydrogen (secondary N) is 1. The number of rotatable bonds is 6. The molecule has 0 unspecified atom stereocenters. The van der Waals surface area contributed by atoms with Crippen LogP contribution in [0.2, 0.25) is 0 Å². The van der Waals surface area contributed by atoms with Crippen LogP contribution in [0.25, 0.3) is 11.0 Å². The molecule has 0 saturated carbocycles. The Balaban J connectivity index is 0.00000121. The largest absolute Gasteiger partial charge is 1.00 e. The number of hydrogen-bond donors (Lipinski definition) is 2. The van der Waals surface area contributed by atoms with Crippen LogP contribution < -0.4 is 34.7 Å². The lowest BCUT2D eigenvalue weighted by Gasteiger charge is -2.01. The van der Waals surface area contributed by atoms with Crippen molar-refractivity contribution in [1.82, 2.24) is 4.98 Å². The fourth-order valence-corrected chi connectivity index (χ4v) is 2.54. The summed E-state index contributed by atoms with van der Waals surface area (Å²) in [6.45, 7) is 3.30. The minimum atomic E-state index is 0. The van der Waals surface area contributed by atoms with Crippen molar-refractivity contribution in [2.45, 2.75) is 13.0 Å². The third kappa shape index (κ3) is 4.73. The third-order valence-electron chi connectivity index (χ3n) is 3.64. The molecule has 5 heteroatoms. The molecule has 22 heavy (non-hydrogen) atoms. The molecule has 0 fully saturated rings. The molecule has 0 atom stereocenters. The summed E-state index contributed by atoms with van der Waals surface area (Å²) in [6.07, 6.45) is 3.20. The maximum Gasteiger partial charge on any atom is 0.242 e. The maximum atomic E-state index is 3.30. The van der Waals surface area contributed by atoms with Gasteiger partial charge < -0.3 is 30.1 Å². The summed E-state index contributed by atoms with van der Waals surface area (Å²) in [4.78, 5) is 3.30. The molecule has 118 valence electrons. The molecule has 2 aromatic carbocycles. The van der Waals surface area contributed by atoms with Crippen molar-refractivity contribution in [2.75, 3.05) is 13.1 Å². The SMILES string of the molecule is [Cl-].[Cl-].c1ccc(CC[NH2+]CC[n+]2c[nH]c3ccccc32)cc1. The Labute approximate surface area is 143 Å². The first kappa shape index (κ1) is 18.5. The van der Waals surface area contributed by atoms with Crippen LogP contribution in [0.5, 0.6) is 0 Å². The van der Waals surface area contributed by atoms with Crippen LogP contribution in [0.4, 0.5) is 0 Å². The van der Waals surface area contributed by atoms with Crippen molar-refractivity contribution in [1.29, 1.82) is 0 Å². The lowest BCUT2D eigenvalue weighted by Crippen LogP contribution is -3.00. The minimum Gasteiger partial charge on any atom is -1.00 e. The Morgan fingerprint density at radius 2 is 1.59 bits per heavy atom. The van der Waals surface area contributed by atoms with Crippen molar-refractivity contribution in [3.63, 3.8) is 0 Å². The summed E-state index contributed by atoms with van der Waals surface area (Å²) in [6, 6.07) is 19.1. The maximum absolute atomic E-state index is 3.30. The zero-order valence-corrected chi connectivity index (χ0v) is 13.9. The van der Waals surface area contributed by atoms with Gasteiger partial charge in [-0.3, -0.25) is 0 Å². The number of halogens is 2. The van der Waals surface area contributed by atoms with Crippen LogP contribution >= 0.6 is 0 Å². The number of quaternary nitrogens is 1. The number of imidazole rings is 1. The van der Waals surface area contributed by atoms with Gasteiger partial charge in [0.1, 0.15) is 13.1 Å². The number of nitrogens with two attached hydrogens (primary N) is 1. The van der Waals surface area contributed by atoms with E-state index in [9.17, 15) is 0 Å². The molecule has 0 aliphatic carbocycles. The Morgan fingerprint density at radius 3 is 2.41 bits per heavy atom. The lowest BCUT2D eigenvalue weighted by molar-refractivity contribution is -0.738. The summed E-state index contributed by atoms with van der Waals surface area (Å²) in [5, 5.41) is 2.39. The number of H-pyrrole nitrogens is 1. The second-order valence-electron chi connectivity index (χ2n) is 5.09. The molecule has 0 aliphatic rings. The second-order valence-corrected chi connectivity index (χ2v) is 5.09. The van der Waals surface area contributed by atoms with Crippen molar-refractivity contribution >= 4 is 11.0 Å². The number of nitrogens with zero attached hydrogens (tertiary/aromatic N) is 1. The molecule has 1 aromatic heterocycles. The van der Waals surface area contributed by atoms with E-state index in [0.29, 0.717) is 0 Å². The van der Waals surface area contributed by atoms with E-state index in [4.69, 9.17) is 0 Å². The average molecular weight is 338 g/mol. The van der Waals surface area contributed by atoms with Crippen molar-refractivity contribution in [3.05, 3.63) is 66.5 Å². The third-order valence-corrected chi connectivity index (χ3v) is 3.64. The highest BCUT2D eigenvalue weighted by Crippen LogP contribution is 2.04. The Kier molecular flexibility index (Phi) is 7.96. The monoisotopic (exact) mass is 337 g/mol. The molecule has 0 aliphatic heterocycles. The van der Waals surface area contributed by atoms with Crippen molar-refractivity contribution in [3.8, 4) is 0 Å². The molecular weight excluding hydrogens is 317 g/mol. The van der Waals surface area contributed by atoms with E-state index in [-0.39, 0.29) is 24.8 Å². The van der Waals surface area contributed by atoms with E-state index >= 15 is 0 Å². The fraction of sp³-hybridized carbons (Fsp3) is 0.235. The number of hydrogen-bond acceptors (Lipinski definition) is 0. The van der Waals surface area contributed by atoms with E-state index in [1.54, 1.807) is 0 Å². The Bertz CT molecular complexity index is 668. The number of para-hydroxylation sites is 2. The van der Waals surface area contributed by atoms with Crippen LogP contribution in [0.3, 0.4) is 0 Å². The summed E-state index contributed by atoms with van der Waals surface area (Å²) in [5.74, 6) is 0. The minimum absolute atomic E-state index is 0. The first-order valence-electron chi connectivity index (χ1n) is 7.24. The first-order valence-corrected chi connectivity index (χ1v) is 7.24. The predicted molar refractivity (Wildman–Crippen MR) is 80.3 cm³/mol. The average Bonchev–Trinajstić information content (AvgIpc) is 2.91. The molecule has 0 bridgehead atoms. The van der Waals surface area contributed by atoms with Gasteiger partial charge in [-0.2, -0.15) is 0 Å². The van der Waals surface area contributed by atoms with Crippen molar-refractivity contribution < 1.29 is 34.7 Å². The van der Waals surface area contributed by atoms with Gasteiger partial charge in [0.15, 0.2) is 11.0 Å². The lowest BCUT2D eigenvalue weighted by atomic mass is 10.1. The molecule has 0 radical (unpaired) electrons. The smallest absolute Gasteiger partial charge is 0.242 e. The number of fused-ring (bicyclic) bond motifs is 1. The van der Waals surface area contributed by atoms with Gasteiger partial charge in [0.2, 0.25) is 6.33 Å². The number of aromatic amines is 1. The van der Waals surface area contributed by atoms with Crippen LogP contribution in [0.15, 0.2) is 60.9 Å². The summed E-state index contributed by atoms with van der Waals surface area (Å²) >= 11 is 0. The molecule has 3 aromatic rings. The highest BCUT2D eigenvalue weighted by Gasteiger charge is 2.08. The molecule has 1 heterocycles. The van der Waals surface area contributed by atoms with E-state index in [1.807, 2.05) is 0 Å². The van der Waals surface area contributed by atoms with E-state index in [1.165, 1.54) is 16.6 Å². The molecule has 0 saturated heterocycles. The highest BCUT2D eigenvalue weighted by molar-refractivity contribution is 5.70. The zero-order chi connectivity index (χ0) is 13.6. The van der Waals surface area contributed by atoms with Crippen molar-refractivity contribution in [2.24, 2.45) is 0 Å². The Hall–Kier alpha value is -1.55. The molecule has 0 spiro atoms. The number of benzene rings is 2.